The molecule has 1 heterocycles. The zero-order valence-electron chi connectivity index (χ0n) is 14.3. The van der Waals surface area contributed by atoms with E-state index < -0.39 is 5.97 Å². The summed E-state index contributed by atoms with van der Waals surface area (Å²) in [7, 11) is 0. The van der Waals surface area contributed by atoms with Gasteiger partial charge < -0.3 is 4.74 Å². The molecular formula is C21H17N3O2. The van der Waals surface area contributed by atoms with Crippen molar-refractivity contribution < 1.29 is 9.53 Å². The molecule has 0 aliphatic rings. The molecule has 0 atom stereocenters. The Kier molecular flexibility index (Phi) is 4.19. The molecule has 0 saturated carbocycles. The van der Waals surface area contributed by atoms with Crippen LogP contribution in [-0.4, -0.2) is 28.0 Å². The van der Waals surface area contributed by atoms with Crippen molar-refractivity contribution in [2.24, 2.45) is 0 Å². The molecule has 0 bridgehead atoms. The van der Waals surface area contributed by atoms with Crippen LogP contribution in [0.25, 0.3) is 33.2 Å². The number of nitrogens with zero attached hydrogens (tertiary/aromatic N) is 2. The van der Waals surface area contributed by atoms with Crippen LogP contribution >= 0.6 is 0 Å². The second kappa shape index (κ2) is 6.80. The number of aromatic nitrogens is 3. The summed E-state index contributed by atoms with van der Waals surface area (Å²) in [5.74, 6) is -0.480. The van der Waals surface area contributed by atoms with Crippen molar-refractivity contribution in [3.8, 4) is 22.4 Å². The number of carbonyl (C=O) groups is 1. The van der Waals surface area contributed by atoms with E-state index in [1.165, 1.54) is 10.8 Å². The lowest BCUT2D eigenvalue weighted by Gasteiger charge is -2.08. The monoisotopic (exact) mass is 343 g/mol. The van der Waals surface area contributed by atoms with Crippen molar-refractivity contribution in [2.45, 2.75) is 6.92 Å². The normalized spacial score (nSPS) is 10.8. The number of hydrogen-bond donors (Lipinski definition) is 1. The predicted molar refractivity (Wildman–Crippen MR) is 101 cm³/mol. The first-order chi connectivity index (χ1) is 12.8. The Morgan fingerprint density at radius 2 is 1.73 bits per heavy atom. The van der Waals surface area contributed by atoms with E-state index in [1.807, 2.05) is 36.4 Å². The maximum Gasteiger partial charge on any atom is 0.361 e. The molecule has 128 valence electrons. The molecule has 0 saturated heterocycles. The van der Waals surface area contributed by atoms with Gasteiger partial charge in [-0.3, -0.25) is 0 Å². The quantitative estimate of drug-likeness (QED) is 0.555. The summed E-state index contributed by atoms with van der Waals surface area (Å²) in [6, 6.07) is 22.4. The van der Waals surface area contributed by atoms with E-state index in [4.69, 9.17) is 4.74 Å². The molecule has 4 aromatic rings. The molecular weight excluding hydrogens is 326 g/mol. The van der Waals surface area contributed by atoms with Crippen molar-refractivity contribution in [3.63, 3.8) is 0 Å². The molecule has 0 amide bonds. The smallest absolute Gasteiger partial charge is 0.361 e. The topological polar surface area (TPSA) is 67.9 Å². The SMILES string of the molecule is CCOC(=O)c1n[nH]nc1-c1cccc(-c2cccc3ccccc23)c1. The van der Waals surface area contributed by atoms with Gasteiger partial charge in [-0.25, -0.2) is 4.79 Å². The highest BCUT2D eigenvalue weighted by Crippen LogP contribution is 2.31. The highest BCUT2D eigenvalue weighted by Gasteiger charge is 2.19. The first-order valence-electron chi connectivity index (χ1n) is 8.44. The van der Waals surface area contributed by atoms with Crippen LogP contribution in [-0.2, 0) is 4.74 Å². The molecule has 0 unspecified atom stereocenters. The molecule has 0 spiro atoms. The minimum Gasteiger partial charge on any atom is -0.461 e. The molecule has 0 aliphatic carbocycles. The van der Waals surface area contributed by atoms with Crippen LogP contribution < -0.4 is 0 Å². The molecule has 4 rings (SSSR count). The number of esters is 1. The van der Waals surface area contributed by atoms with E-state index in [1.54, 1.807) is 6.92 Å². The summed E-state index contributed by atoms with van der Waals surface area (Å²) in [6.45, 7) is 2.06. The fraction of sp³-hybridized carbons (Fsp3) is 0.0952. The number of H-pyrrole nitrogens is 1. The molecule has 3 aromatic carbocycles. The van der Waals surface area contributed by atoms with Crippen LogP contribution in [0.15, 0.2) is 66.7 Å². The Morgan fingerprint density at radius 3 is 2.62 bits per heavy atom. The zero-order valence-corrected chi connectivity index (χ0v) is 14.3. The molecule has 1 N–H and O–H groups in total. The fourth-order valence-corrected chi connectivity index (χ4v) is 3.09. The average Bonchev–Trinajstić information content (AvgIpc) is 3.18. The van der Waals surface area contributed by atoms with Crippen LogP contribution in [0.2, 0.25) is 0 Å². The number of aromatic amines is 1. The van der Waals surface area contributed by atoms with Gasteiger partial charge in [0.25, 0.3) is 0 Å². The van der Waals surface area contributed by atoms with Gasteiger partial charge in [0.15, 0.2) is 5.69 Å². The molecule has 5 heteroatoms. The molecule has 26 heavy (non-hydrogen) atoms. The van der Waals surface area contributed by atoms with Gasteiger partial charge in [0, 0.05) is 5.56 Å². The highest BCUT2D eigenvalue weighted by atomic mass is 16.5. The standard InChI is InChI=1S/C21H17N3O2/c1-2-26-21(25)20-19(22-24-23-20)16-10-5-9-15(13-16)18-12-6-8-14-7-3-4-11-17(14)18/h3-13H,2H2,1H3,(H,22,23,24). The molecule has 0 fully saturated rings. The Hall–Kier alpha value is -3.47. The maximum atomic E-state index is 12.1. The second-order valence-corrected chi connectivity index (χ2v) is 5.85. The third-order valence-corrected chi connectivity index (χ3v) is 4.25. The van der Waals surface area contributed by atoms with Gasteiger partial charge in [0.2, 0.25) is 0 Å². The summed E-state index contributed by atoms with van der Waals surface area (Å²) in [4.78, 5) is 12.1. The van der Waals surface area contributed by atoms with Crippen molar-refractivity contribution in [1.29, 1.82) is 0 Å². The van der Waals surface area contributed by atoms with E-state index in [0.29, 0.717) is 12.3 Å². The van der Waals surface area contributed by atoms with Crippen LogP contribution in [0.5, 0.6) is 0 Å². The molecule has 5 nitrogen and oxygen atoms in total. The third-order valence-electron chi connectivity index (χ3n) is 4.25. The van der Waals surface area contributed by atoms with Gasteiger partial charge in [-0.15, -0.1) is 5.10 Å². The van der Waals surface area contributed by atoms with Gasteiger partial charge >= 0.3 is 5.97 Å². The van der Waals surface area contributed by atoms with E-state index >= 15 is 0 Å². The van der Waals surface area contributed by atoms with E-state index in [9.17, 15) is 4.79 Å². The van der Waals surface area contributed by atoms with E-state index in [0.717, 1.165) is 16.7 Å². The Bertz CT molecular complexity index is 1080. The summed E-state index contributed by atoms with van der Waals surface area (Å²) < 4.78 is 5.06. The summed E-state index contributed by atoms with van der Waals surface area (Å²) >= 11 is 0. The van der Waals surface area contributed by atoms with Gasteiger partial charge in [-0.05, 0) is 34.9 Å². The third kappa shape index (κ3) is 2.84. The fourth-order valence-electron chi connectivity index (χ4n) is 3.09. The Labute approximate surface area is 150 Å². The second-order valence-electron chi connectivity index (χ2n) is 5.85. The van der Waals surface area contributed by atoms with Crippen molar-refractivity contribution >= 4 is 16.7 Å². The predicted octanol–water partition coefficient (Wildman–Crippen LogP) is 4.47. The zero-order chi connectivity index (χ0) is 17.9. The van der Waals surface area contributed by atoms with Crippen molar-refractivity contribution in [1.82, 2.24) is 15.4 Å². The van der Waals surface area contributed by atoms with Crippen molar-refractivity contribution in [3.05, 3.63) is 72.4 Å². The maximum absolute atomic E-state index is 12.1. The van der Waals surface area contributed by atoms with E-state index in [2.05, 4.69) is 45.7 Å². The van der Waals surface area contributed by atoms with Gasteiger partial charge in [0.1, 0.15) is 5.69 Å². The first-order valence-corrected chi connectivity index (χ1v) is 8.44. The number of nitrogens with one attached hydrogen (secondary N) is 1. The van der Waals surface area contributed by atoms with Crippen molar-refractivity contribution in [2.75, 3.05) is 6.61 Å². The number of ether oxygens (including phenoxy) is 1. The van der Waals surface area contributed by atoms with Crippen LogP contribution in [0.4, 0.5) is 0 Å². The number of hydrogen-bond acceptors (Lipinski definition) is 4. The van der Waals surface area contributed by atoms with Crippen LogP contribution in [0.1, 0.15) is 17.4 Å². The van der Waals surface area contributed by atoms with Gasteiger partial charge in [0.05, 0.1) is 6.61 Å². The number of rotatable bonds is 4. The minimum absolute atomic E-state index is 0.196. The Balaban J connectivity index is 1.81. The number of fused-ring (bicyclic) bond motifs is 1. The van der Waals surface area contributed by atoms with E-state index in [-0.39, 0.29) is 5.69 Å². The lowest BCUT2D eigenvalue weighted by atomic mass is 9.96. The Morgan fingerprint density at radius 1 is 0.962 bits per heavy atom. The summed E-state index contributed by atoms with van der Waals surface area (Å²) in [5.41, 5.74) is 3.68. The first kappa shape index (κ1) is 16.0. The van der Waals surface area contributed by atoms with Crippen LogP contribution in [0, 0.1) is 0 Å². The summed E-state index contributed by atoms with van der Waals surface area (Å²) in [6.07, 6.45) is 0. The van der Waals surface area contributed by atoms with Crippen LogP contribution in [0.3, 0.4) is 0 Å². The highest BCUT2D eigenvalue weighted by molar-refractivity contribution is 5.98. The molecule has 0 radical (unpaired) electrons. The molecule has 0 aliphatic heterocycles. The lowest BCUT2D eigenvalue weighted by molar-refractivity contribution is 0.0520. The number of benzene rings is 3. The van der Waals surface area contributed by atoms with Gasteiger partial charge in [-0.1, -0.05) is 60.7 Å². The summed E-state index contributed by atoms with van der Waals surface area (Å²) in [5, 5.41) is 13.0. The molecule has 1 aromatic heterocycles. The largest absolute Gasteiger partial charge is 0.461 e. The minimum atomic E-state index is -0.480. The van der Waals surface area contributed by atoms with Gasteiger partial charge in [-0.2, -0.15) is 10.3 Å². The number of carbonyl (C=O) groups excluding carboxylic acids is 1. The average molecular weight is 343 g/mol. The lowest BCUT2D eigenvalue weighted by Crippen LogP contribution is -2.06.